The highest BCUT2D eigenvalue weighted by Crippen LogP contribution is 2.26. The van der Waals surface area contributed by atoms with Gasteiger partial charge in [0.1, 0.15) is 0 Å². The maximum absolute atomic E-state index is 2.34. The highest BCUT2D eigenvalue weighted by molar-refractivity contribution is 5.71. The minimum atomic E-state index is 0.441. The molecule has 2 aliphatic carbocycles. The molecule has 4 rings (SSSR count). The quantitative estimate of drug-likeness (QED) is 0.666. The van der Waals surface area contributed by atoms with Crippen LogP contribution in [0.25, 0.3) is 5.57 Å². The van der Waals surface area contributed by atoms with Crippen molar-refractivity contribution in [2.75, 3.05) is 0 Å². The summed E-state index contributed by atoms with van der Waals surface area (Å²) in [5.74, 6) is 0.441. The lowest BCUT2D eigenvalue weighted by molar-refractivity contribution is 1.08. The van der Waals surface area contributed by atoms with Crippen molar-refractivity contribution in [3.8, 4) is 0 Å². The minimum absolute atomic E-state index is 0.441. The Morgan fingerprint density at radius 1 is 0.826 bits per heavy atom. The zero-order valence-corrected chi connectivity index (χ0v) is 13.2. The van der Waals surface area contributed by atoms with Crippen LogP contribution < -0.4 is 0 Å². The Labute approximate surface area is 138 Å². The van der Waals surface area contributed by atoms with Crippen LogP contribution in [-0.2, 0) is 6.42 Å². The molecule has 0 unspecified atom stereocenters. The Hall–Kier alpha value is -2.60. The summed E-state index contributed by atoms with van der Waals surface area (Å²) in [7, 11) is 0. The summed E-state index contributed by atoms with van der Waals surface area (Å²) >= 11 is 0. The molecule has 0 saturated heterocycles. The normalized spacial score (nSPS) is 16.3. The summed E-state index contributed by atoms with van der Waals surface area (Å²) in [6.07, 6.45) is 17.4. The van der Waals surface area contributed by atoms with Crippen LogP contribution in [0.15, 0.2) is 91.1 Å². The Morgan fingerprint density at radius 2 is 1.61 bits per heavy atom. The van der Waals surface area contributed by atoms with E-state index in [1.165, 1.54) is 27.8 Å². The van der Waals surface area contributed by atoms with Gasteiger partial charge in [-0.2, -0.15) is 0 Å². The predicted octanol–water partition coefficient (Wildman–Crippen LogP) is 5.83. The third kappa shape index (κ3) is 3.12. The van der Waals surface area contributed by atoms with Crippen molar-refractivity contribution < 1.29 is 0 Å². The molecule has 0 saturated carbocycles. The molecule has 0 nitrogen and oxygen atoms in total. The monoisotopic (exact) mass is 296 g/mol. The molecular formula is C23H20. The molecular weight excluding hydrogens is 276 g/mol. The molecule has 0 N–H and O–H groups in total. The van der Waals surface area contributed by atoms with Gasteiger partial charge in [0.05, 0.1) is 0 Å². The summed E-state index contributed by atoms with van der Waals surface area (Å²) in [6.45, 7) is 0. The topological polar surface area (TPSA) is 0 Å². The van der Waals surface area contributed by atoms with E-state index >= 15 is 0 Å². The Balaban J connectivity index is 1.56. The van der Waals surface area contributed by atoms with Crippen LogP contribution >= 0.6 is 0 Å². The van der Waals surface area contributed by atoms with E-state index in [4.69, 9.17) is 0 Å². The third-order valence-corrected chi connectivity index (χ3v) is 4.56. The van der Waals surface area contributed by atoms with Crippen molar-refractivity contribution in [3.05, 3.63) is 113 Å². The first-order valence-electron chi connectivity index (χ1n) is 8.27. The molecule has 23 heavy (non-hydrogen) atoms. The van der Waals surface area contributed by atoms with Gasteiger partial charge in [-0.3, -0.25) is 0 Å². The summed E-state index contributed by atoms with van der Waals surface area (Å²) in [6, 6.07) is 17.9. The Bertz CT molecular complexity index is 819. The number of hydrogen-bond acceptors (Lipinski definition) is 0. The standard InChI is InChI=1S/C23H20/c1-2-10-20(9-1)22-13-5-7-18(16-22)15-19-8-6-14-23(17-19)21-11-3-4-12-21/h1-11,13-14,16-17,20H,12,15H2. The van der Waals surface area contributed by atoms with E-state index in [-0.39, 0.29) is 0 Å². The SMILES string of the molecule is C1=CCC(c2cccc(Cc3cccc(C4C=CC=C4)c3)c2)=C1. The average molecular weight is 296 g/mol. The van der Waals surface area contributed by atoms with Crippen molar-refractivity contribution in [2.45, 2.75) is 18.8 Å². The van der Waals surface area contributed by atoms with E-state index < -0.39 is 0 Å². The fourth-order valence-electron chi connectivity index (χ4n) is 3.34. The lowest BCUT2D eigenvalue weighted by atomic mass is 9.95. The van der Waals surface area contributed by atoms with Gasteiger partial charge in [0, 0.05) is 5.92 Å². The van der Waals surface area contributed by atoms with E-state index in [1.807, 2.05) is 0 Å². The van der Waals surface area contributed by atoms with Gasteiger partial charge in [0.2, 0.25) is 0 Å². The second kappa shape index (κ2) is 6.26. The molecule has 2 aliphatic rings. The van der Waals surface area contributed by atoms with Gasteiger partial charge in [0.15, 0.2) is 0 Å². The van der Waals surface area contributed by atoms with Crippen LogP contribution in [0.4, 0.5) is 0 Å². The van der Waals surface area contributed by atoms with Crippen LogP contribution in [0.2, 0.25) is 0 Å². The van der Waals surface area contributed by atoms with Gasteiger partial charge in [-0.25, -0.2) is 0 Å². The van der Waals surface area contributed by atoms with Crippen molar-refractivity contribution in [1.82, 2.24) is 0 Å². The summed E-state index contributed by atoms with van der Waals surface area (Å²) in [4.78, 5) is 0. The Morgan fingerprint density at radius 3 is 2.39 bits per heavy atom. The lowest BCUT2D eigenvalue weighted by Gasteiger charge is -2.10. The van der Waals surface area contributed by atoms with Crippen molar-refractivity contribution >= 4 is 5.57 Å². The largest absolute Gasteiger partial charge is 0.0801 e. The number of benzene rings is 2. The predicted molar refractivity (Wildman–Crippen MR) is 98.4 cm³/mol. The van der Waals surface area contributed by atoms with E-state index in [2.05, 4.69) is 91.1 Å². The number of hydrogen-bond donors (Lipinski definition) is 0. The molecule has 112 valence electrons. The molecule has 2 aromatic rings. The maximum atomic E-state index is 2.34. The van der Waals surface area contributed by atoms with Crippen LogP contribution in [0.5, 0.6) is 0 Å². The molecule has 0 spiro atoms. The van der Waals surface area contributed by atoms with Crippen molar-refractivity contribution in [3.63, 3.8) is 0 Å². The Kier molecular flexibility index (Phi) is 3.81. The zero-order valence-electron chi connectivity index (χ0n) is 13.2. The highest BCUT2D eigenvalue weighted by atomic mass is 14.1. The van der Waals surface area contributed by atoms with Gasteiger partial charge < -0.3 is 0 Å². The molecule has 0 heteroatoms. The lowest BCUT2D eigenvalue weighted by Crippen LogP contribution is -1.94. The zero-order chi connectivity index (χ0) is 15.5. The van der Waals surface area contributed by atoms with Crippen LogP contribution in [-0.4, -0.2) is 0 Å². The van der Waals surface area contributed by atoms with Crippen molar-refractivity contribution in [2.24, 2.45) is 0 Å². The van der Waals surface area contributed by atoms with Crippen molar-refractivity contribution in [1.29, 1.82) is 0 Å². The molecule has 0 aromatic heterocycles. The van der Waals surface area contributed by atoms with Crippen LogP contribution in [0.1, 0.15) is 34.6 Å². The second-order valence-electron chi connectivity index (χ2n) is 6.24. The van der Waals surface area contributed by atoms with E-state index in [0.717, 1.165) is 12.8 Å². The molecule has 0 heterocycles. The van der Waals surface area contributed by atoms with Gasteiger partial charge in [-0.05, 0) is 40.7 Å². The summed E-state index contributed by atoms with van der Waals surface area (Å²) in [5, 5.41) is 0. The maximum Gasteiger partial charge on any atom is 0.0204 e. The van der Waals surface area contributed by atoms with Crippen LogP contribution in [0, 0.1) is 0 Å². The molecule has 0 fully saturated rings. The summed E-state index contributed by atoms with van der Waals surface area (Å²) < 4.78 is 0. The fourth-order valence-corrected chi connectivity index (χ4v) is 3.34. The first kappa shape index (κ1) is 14.0. The highest BCUT2D eigenvalue weighted by Gasteiger charge is 2.08. The molecule has 0 radical (unpaired) electrons. The smallest absolute Gasteiger partial charge is 0.0204 e. The molecule has 0 amide bonds. The second-order valence-corrected chi connectivity index (χ2v) is 6.24. The number of rotatable bonds is 4. The van der Waals surface area contributed by atoms with Gasteiger partial charge in [0.25, 0.3) is 0 Å². The minimum Gasteiger partial charge on any atom is -0.0801 e. The van der Waals surface area contributed by atoms with Gasteiger partial charge >= 0.3 is 0 Å². The molecule has 2 aromatic carbocycles. The first-order valence-corrected chi connectivity index (χ1v) is 8.27. The molecule has 0 atom stereocenters. The molecule has 0 bridgehead atoms. The van der Waals surface area contributed by atoms with Gasteiger partial charge in [-0.1, -0.05) is 91.1 Å². The fraction of sp³-hybridized carbons (Fsp3) is 0.130. The summed E-state index contributed by atoms with van der Waals surface area (Å²) in [5.41, 5.74) is 6.91. The molecule has 0 aliphatic heterocycles. The average Bonchev–Trinajstić information content (AvgIpc) is 3.29. The first-order chi connectivity index (χ1) is 11.4. The number of allylic oxidation sites excluding steroid dienone is 8. The van der Waals surface area contributed by atoms with Gasteiger partial charge in [-0.15, -0.1) is 0 Å². The third-order valence-electron chi connectivity index (χ3n) is 4.56. The van der Waals surface area contributed by atoms with Crippen LogP contribution in [0.3, 0.4) is 0 Å². The van der Waals surface area contributed by atoms with E-state index in [1.54, 1.807) is 0 Å². The van der Waals surface area contributed by atoms with E-state index in [9.17, 15) is 0 Å². The van der Waals surface area contributed by atoms with E-state index in [0.29, 0.717) is 5.92 Å².